The smallest absolute Gasteiger partial charge is 0.0471 e. The van der Waals surface area contributed by atoms with Crippen LogP contribution in [-0.2, 0) is 4.74 Å². The maximum absolute atomic E-state index is 5.36. The zero-order valence-corrected chi connectivity index (χ0v) is 8.92. The molecular weight excluding hydrogens is 184 g/mol. The van der Waals surface area contributed by atoms with E-state index in [9.17, 15) is 0 Å². The average molecular weight is 198 g/mol. The van der Waals surface area contributed by atoms with E-state index in [0.717, 1.165) is 30.6 Å². The van der Waals surface area contributed by atoms with E-state index in [2.05, 4.69) is 17.8 Å². The van der Waals surface area contributed by atoms with Gasteiger partial charge in [0.15, 0.2) is 0 Å². The zero-order chi connectivity index (χ0) is 10.9. The molecule has 0 fully saturated rings. The summed E-state index contributed by atoms with van der Waals surface area (Å²) < 4.78 is 4.94. The molecule has 1 rings (SSSR count). The van der Waals surface area contributed by atoms with Gasteiger partial charge in [-0.15, -0.1) is 6.42 Å². The zero-order valence-electron chi connectivity index (χ0n) is 8.92. The standard InChI is InChI=1S/C14H14O/c1-3-13-9-6-7-11-14(13)10-5-4-8-12-15-2/h1,6-7,9,11H,4,8,12H2,2H3. The molecule has 0 aromatic heterocycles. The normalized spacial score (nSPS) is 8.80. The first-order valence-electron chi connectivity index (χ1n) is 4.92. The lowest BCUT2D eigenvalue weighted by atomic mass is 10.1. The molecule has 1 aromatic carbocycles. The van der Waals surface area contributed by atoms with Crippen molar-refractivity contribution in [3.63, 3.8) is 0 Å². The number of ether oxygens (including phenoxy) is 1. The van der Waals surface area contributed by atoms with Crippen molar-refractivity contribution >= 4 is 0 Å². The van der Waals surface area contributed by atoms with Gasteiger partial charge in [-0.2, -0.15) is 0 Å². The fourth-order valence-corrected chi connectivity index (χ4v) is 1.18. The van der Waals surface area contributed by atoms with Crippen molar-refractivity contribution in [2.24, 2.45) is 0 Å². The summed E-state index contributed by atoms with van der Waals surface area (Å²) in [5, 5.41) is 0. The third kappa shape index (κ3) is 3.90. The first kappa shape index (κ1) is 11.4. The minimum atomic E-state index is 0.755. The highest BCUT2D eigenvalue weighted by Crippen LogP contribution is 2.05. The van der Waals surface area contributed by atoms with Crippen LogP contribution in [-0.4, -0.2) is 13.7 Å². The van der Waals surface area contributed by atoms with Crippen molar-refractivity contribution in [1.82, 2.24) is 0 Å². The number of unbranched alkanes of at least 4 members (excludes halogenated alkanes) is 1. The Labute approximate surface area is 91.5 Å². The van der Waals surface area contributed by atoms with E-state index in [1.807, 2.05) is 24.3 Å². The number of terminal acetylenes is 1. The molecule has 0 N–H and O–H groups in total. The topological polar surface area (TPSA) is 9.23 Å². The van der Waals surface area contributed by atoms with Crippen molar-refractivity contribution in [3.8, 4) is 24.2 Å². The van der Waals surface area contributed by atoms with Crippen LogP contribution in [0.4, 0.5) is 0 Å². The van der Waals surface area contributed by atoms with Crippen LogP contribution < -0.4 is 0 Å². The summed E-state index contributed by atoms with van der Waals surface area (Å²) in [6.07, 6.45) is 7.16. The van der Waals surface area contributed by atoms with Crippen LogP contribution in [0.25, 0.3) is 0 Å². The molecule has 0 aliphatic rings. The minimum absolute atomic E-state index is 0.755. The highest BCUT2D eigenvalue weighted by molar-refractivity contribution is 5.48. The van der Waals surface area contributed by atoms with Gasteiger partial charge in [0, 0.05) is 31.3 Å². The molecule has 0 heterocycles. The first-order valence-corrected chi connectivity index (χ1v) is 4.92. The van der Waals surface area contributed by atoms with Gasteiger partial charge in [0.05, 0.1) is 0 Å². The summed E-state index contributed by atoms with van der Waals surface area (Å²) in [4.78, 5) is 0. The van der Waals surface area contributed by atoms with Crippen LogP contribution >= 0.6 is 0 Å². The highest BCUT2D eigenvalue weighted by atomic mass is 16.5. The Kier molecular flexibility index (Phi) is 5.09. The van der Waals surface area contributed by atoms with Crippen LogP contribution in [0, 0.1) is 24.2 Å². The molecule has 0 aliphatic carbocycles. The maximum Gasteiger partial charge on any atom is 0.0471 e. The second-order valence-corrected chi connectivity index (χ2v) is 3.09. The fraction of sp³-hybridized carbons (Fsp3) is 0.286. The Balaban J connectivity index is 2.60. The van der Waals surface area contributed by atoms with Gasteiger partial charge >= 0.3 is 0 Å². The van der Waals surface area contributed by atoms with Crippen LogP contribution in [0.2, 0.25) is 0 Å². The number of rotatable bonds is 3. The summed E-state index contributed by atoms with van der Waals surface area (Å²) in [6.45, 7) is 0.755. The number of hydrogen-bond donors (Lipinski definition) is 0. The number of hydrogen-bond acceptors (Lipinski definition) is 1. The Morgan fingerprint density at radius 3 is 2.67 bits per heavy atom. The number of benzene rings is 1. The molecule has 0 bridgehead atoms. The van der Waals surface area contributed by atoms with Gasteiger partial charge in [-0.25, -0.2) is 0 Å². The second kappa shape index (κ2) is 6.71. The van der Waals surface area contributed by atoms with E-state index in [1.54, 1.807) is 7.11 Å². The quantitative estimate of drug-likeness (QED) is 0.535. The van der Waals surface area contributed by atoms with Gasteiger partial charge in [0.1, 0.15) is 0 Å². The molecule has 0 aliphatic heterocycles. The van der Waals surface area contributed by atoms with Gasteiger partial charge in [-0.1, -0.05) is 29.9 Å². The Hall–Kier alpha value is -1.70. The van der Waals surface area contributed by atoms with E-state index in [-0.39, 0.29) is 0 Å². The van der Waals surface area contributed by atoms with Crippen molar-refractivity contribution in [3.05, 3.63) is 35.4 Å². The minimum Gasteiger partial charge on any atom is -0.385 e. The molecule has 76 valence electrons. The van der Waals surface area contributed by atoms with Crippen LogP contribution in [0.3, 0.4) is 0 Å². The van der Waals surface area contributed by atoms with Crippen molar-refractivity contribution in [1.29, 1.82) is 0 Å². The molecule has 1 nitrogen and oxygen atoms in total. The molecule has 0 radical (unpaired) electrons. The summed E-state index contributed by atoms with van der Waals surface area (Å²) in [7, 11) is 1.70. The first-order chi connectivity index (χ1) is 7.38. The Morgan fingerprint density at radius 1 is 1.27 bits per heavy atom. The maximum atomic E-state index is 5.36. The molecule has 0 spiro atoms. The van der Waals surface area contributed by atoms with Crippen molar-refractivity contribution in [2.45, 2.75) is 12.8 Å². The van der Waals surface area contributed by atoms with Crippen LogP contribution in [0.5, 0.6) is 0 Å². The van der Waals surface area contributed by atoms with E-state index < -0.39 is 0 Å². The van der Waals surface area contributed by atoms with Crippen molar-refractivity contribution in [2.75, 3.05) is 13.7 Å². The Bertz CT molecular complexity index is 401. The molecule has 0 unspecified atom stereocenters. The lowest BCUT2D eigenvalue weighted by molar-refractivity contribution is 0.196. The van der Waals surface area contributed by atoms with Gasteiger partial charge in [-0.3, -0.25) is 0 Å². The molecule has 0 saturated carbocycles. The summed E-state index contributed by atoms with van der Waals surface area (Å²) in [5.41, 5.74) is 1.79. The lowest BCUT2D eigenvalue weighted by Crippen LogP contribution is -1.86. The van der Waals surface area contributed by atoms with Crippen LogP contribution in [0.15, 0.2) is 24.3 Å². The van der Waals surface area contributed by atoms with Crippen molar-refractivity contribution < 1.29 is 4.74 Å². The van der Waals surface area contributed by atoms with Gasteiger partial charge < -0.3 is 4.74 Å². The Morgan fingerprint density at radius 2 is 2.00 bits per heavy atom. The second-order valence-electron chi connectivity index (χ2n) is 3.09. The summed E-state index contributed by atoms with van der Waals surface area (Å²) in [5.74, 6) is 8.78. The van der Waals surface area contributed by atoms with Gasteiger partial charge in [0.2, 0.25) is 0 Å². The highest BCUT2D eigenvalue weighted by Gasteiger charge is 1.92. The molecule has 1 heteroatoms. The third-order valence-corrected chi connectivity index (χ3v) is 1.96. The molecule has 0 amide bonds. The summed E-state index contributed by atoms with van der Waals surface area (Å²) in [6, 6.07) is 7.71. The largest absolute Gasteiger partial charge is 0.385 e. The molecule has 1 aromatic rings. The monoisotopic (exact) mass is 198 g/mol. The average Bonchev–Trinajstić information content (AvgIpc) is 2.29. The summed E-state index contributed by atoms with van der Waals surface area (Å²) >= 11 is 0. The predicted octanol–water partition coefficient (Wildman–Crippen LogP) is 2.45. The van der Waals surface area contributed by atoms with Gasteiger partial charge in [-0.05, 0) is 18.6 Å². The lowest BCUT2D eigenvalue weighted by Gasteiger charge is -1.94. The van der Waals surface area contributed by atoms with E-state index >= 15 is 0 Å². The number of methoxy groups -OCH3 is 1. The fourth-order valence-electron chi connectivity index (χ4n) is 1.18. The van der Waals surface area contributed by atoms with E-state index in [4.69, 9.17) is 11.2 Å². The van der Waals surface area contributed by atoms with Gasteiger partial charge in [0.25, 0.3) is 0 Å². The predicted molar refractivity (Wildman–Crippen MR) is 62.4 cm³/mol. The van der Waals surface area contributed by atoms with E-state index in [1.165, 1.54) is 0 Å². The molecule has 0 atom stereocenters. The molecular formula is C14H14O. The SMILES string of the molecule is C#Cc1ccccc1C#CCCCOC. The molecule has 15 heavy (non-hydrogen) atoms. The van der Waals surface area contributed by atoms with Crippen LogP contribution in [0.1, 0.15) is 24.0 Å². The van der Waals surface area contributed by atoms with E-state index in [0.29, 0.717) is 0 Å². The molecule has 0 saturated heterocycles. The third-order valence-electron chi connectivity index (χ3n) is 1.96.